The number of fused-ring (bicyclic) bond motifs is 1. The van der Waals surface area contributed by atoms with E-state index in [0.29, 0.717) is 31.1 Å². The maximum Gasteiger partial charge on any atom is 0.410 e. The number of hydrogen-bond donors (Lipinski definition) is 1. The maximum absolute atomic E-state index is 13.5. The van der Waals surface area contributed by atoms with Crippen molar-refractivity contribution >= 4 is 34.6 Å². The molecule has 2 aromatic heterocycles. The van der Waals surface area contributed by atoms with Gasteiger partial charge in [-0.3, -0.25) is 23.6 Å². The number of likely N-dealkylation sites (tertiary alicyclic amines) is 1. The summed E-state index contributed by atoms with van der Waals surface area (Å²) in [6.45, 7) is 7.95. The molecule has 3 aliphatic rings. The van der Waals surface area contributed by atoms with Crippen LogP contribution in [0.5, 0.6) is 0 Å². The van der Waals surface area contributed by atoms with E-state index < -0.39 is 46.3 Å². The number of halogens is 4. The number of ether oxygens (including phenoxy) is 2. The van der Waals surface area contributed by atoms with Crippen molar-refractivity contribution in [1.82, 2.24) is 23.9 Å². The van der Waals surface area contributed by atoms with Crippen molar-refractivity contribution in [1.29, 1.82) is 0 Å². The molecular formula is C33H39ClF3N5O6. The third-order valence-corrected chi connectivity index (χ3v) is 9.88. The van der Waals surface area contributed by atoms with Gasteiger partial charge in [0.2, 0.25) is 5.91 Å². The molecule has 1 aliphatic carbocycles. The Morgan fingerprint density at radius 2 is 1.79 bits per heavy atom. The molecule has 1 aromatic carbocycles. The van der Waals surface area contributed by atoms with E-state index in [9.17, 15) is 32.7 Å². The molecule has 6 rings (SSSR count). The number of carbonyl (C=O) groups excluding carboxylic acids is 2. The Morgan fingerprint density at radius 3 is 2.40 bits per heavy atom. The van der Waals surface area contributed by atoms with Gasteiger partial charge in [0.15, 0.2) is 5.65 Å². The van der Waals surface area contributed by atoms with E-state index in [4.69, 9.17) is 21.1 Å². The number of nitrogens with zero attached hydrogens (tertiary/aromatic N) is 5. The highest BCUT2D eigenvalue weighted by atomic mass is 35.5. The van der Waals surface area contributed by atoms with Crippen molar-refractivity contribution < 1.29 is 37.3 Å². The van der Waals surface area contributed by atoms with Crippen LogP contribution < -0.4 is 5.56 Å². The van der Waals surface area contributed by atoms with Crippen LogP contribution >= 0.6 is 11.6 Å². The van der Waals surface area contributed by atoms with E-state index in [1.807, 2.05) is 45.0 Å². The second kappa shape index (κ2) is 12.1. The predicted molar refractivity (Wildman–Crippen MR) is 170 cm³/mol. The van der Waals surface area contributed by atoms with Gasteiger partial charge in [0.25, 0.3) is 5.56 Å². The van der Waals surface area contributed by atoms with Gasteiger partial charge in [0, 0.05) is 25.3 Å². The standard InChI is InChI=1S/C33H39ClF3N5O6/c1-30(2,3)48-29(45)41-13-14-47-17-23(41)20-5-7-21(8-6-20)42-25(34)15-22-26(42)38-19-40(27(22)43)18-32(46)9-11-39(12-10-32)28(44)31(4)16-24(31)33(35,36)37/h5-8,15,19,23-24,46H,9-14,16-18H2,1-4H3/t23-,24?,31?/m0/s1. The second-order valence-electron chi connectivity index (χ2n) is 14.3. The Morgan fingerprint density at radius 1 is 1.12 bits per heavy atom. The van der Waals surface area contributed by atoms with Crippen LogP contribution in [0.3, 0.4) is 0 Å². The van der Waals surface area contributed by atoms with Crippen LogP contribution in [0.4, 0.5) is 18.0 Å². The first-order chi connectivity index (χ1) is 22.4. The van der Waals surface area contributed by atoms with Gasteiger partial charge < -0.3 is 19.5 Å². The molecule has 2 amide bonds. The summed E-state index contributed by atoms with van der Waals surface area (Å²) < 4.78 is 53.7. The fraction of sp³-hybridized carbons (Fsp3) is 0.576. The summed E-state index contributed by atoms with van der Waals surface area (Å²) in [7, 11) is 0. The van der Waals surface area contributed by atoms with Crippen molar-refractivity contribution in [3.8, 4) is 5.69 Å². The first-order valence-corrected chi connectivity index (χ1v) is 16.3. The zero-order valence-corrected chi connectivity index (χ0v) is 28.0. The fourth-order valence-corrected chi connectivity index (χ4v) is 7.04. The molecule has 4 heterocycles. The number of morpholine rings is 1. The number of rotatable bonds is 5. The van der Waals surface area contributed by atoms with Crippen LogP contribution in [0, 0.1) is 11.3 Å². The highest BCUT2D eigenvalue weighted by molar-refractivity contribution is 6.31. The Hall–Kier alpha value is -3.62. The molecule has 0 radical (unpaired) electrons. The summed E-state index contributed by atoms with van der Waals surface area (Å²) in [5.41, 5.74) is -2.10. The van der Waals surface area contributed by atoms with E-state index >= 15 is 0 Å². The lowest BCUT2D eigenvalue weighted by Crippen LogP contribution is -2.51. The summed E-state index contributed by atoms with van der Waals surface area (Å²) in [5.74, 6) is -2.20. The van der Waals surface area contributed by atoms with Gasteiger partial charge in [-0.1, -0.05) is 30.7 Å². The molecule has 2 aliphatic heterocycles. The minimum Gasteiger partial charge on any atom is -0.444 e. The number of piperidine rings is 1. The number of amides is 2. The minimum atomic E-state index is -4.42. The average Bonchev–Trinajstić information content (AvgIpc) is 3.63. The molecule has 2 unspecified atom stereocenters. The van der Waals surface area contributed by atoms with Gasteiger partial charge in [-0.2, -0.15) is 13.2 Å². The Kier molecular flexibility index (Phi) is 8.60. The van der Waals surface area contributed by atoms with Gasteiger partial charge in [-0.25, -0.2) is 9.78 Å². The van der Waals surface area contributed by atoms with Crippen LogP contribution in [0.2, 0.25) is 5.15 Å². The van der Waals surface area contributed by atoms with Crippen molar-refractivity contribution in [2.45, 2.75) is 76.9 Å². The monoisotopic (exact) mass is 693 g/mol. The van der Waals surface area contributed by atoms with E-state index in [-0.39, 0.29) is 55.5 Å². The minimum absolute atomic E-state index is 0.0840. The fourth-order valence-electron chi connectivity index (χ4n) is 6.75. The molecule has 0 spiro atoms. The van der Waals surface area contributed by atoms with Crippen molar-refractivity contribution in [2.75, 3.05) is 32.8 Å². The topological polar surface area (TPSA) is 119 Å². The lowest BCUT2D eigenvalue weighted by molar-refractivity contribution is -0.165. The molecule has 48 heavy (non-hydrogen) atoms. The average molecular weight is 694 g/mol. The van der Waals surface area contributed by atoms with Crippen LogP contribution in [-0.4, -0.2) is 91.3 Å². The van der Waals surface area contributed by atoms with E-state index in [2.05, 4.69) is 4.98 Å². The van der Waals surface area contributed by atoms with Crippen molar-refractivity contribution in [3.05, 3.63) is 57.7 Å². The highest BCUT2D eigenvalue weighted by Crippen LogP contribution is 2.61. The number of hydrogen-bond acceptors (Lipinski definition) is 7. The molecule has 11 nitrogen and oxygen atoms in total. The number of aliphatic hydroxyl groups is 1. The Bertz CT molecular complexity index is 1780. The van der Waals surface area contributed by atoms with Crippen LogP contribution in [-0.2, 0) is 20.8 Å². The SMILES string of the molecule is CC(C)(C)OC(=O)N1CCOC[C@H]1c1ccc(-n2c(Cl)cc3c(=O)n(CC4(O)CCN(C(=O)C5(C)CC5C(F)(F)F)CC4)cnc32)cc1. The summed E-state index contributed by atoms with van der Waals surface area (Å²) in [6.07, 6.45) is -3.54. The van der Waals surface area contributed by atoms with E-state index in [1.54, 1.807) is 9.47 Å². The van der Waals surface area contributed by atoms with Gasteiger partial charge in [-0.15, -0.1) is 0 Å². The Balaban J connectivity index is 1.16. The van der Waals surface area contributed by atoms with E-state index in [1.165, 1.54) is 28.8 Å². The lowest BCUT2D eigenvalue weighted by atomic mass is 9.90. The quantitative estimate of drug-likeness (QED) is 0.396. The van der Waals surface area contributed by atoms with Gasteiger partial charge in [0.1, 0.15) is 17.1 Å². The van der Waals surface area contributed by atoms with Crippen LogP contribution in [0.15, 0.2) is 41.5 Å². The summed E-state index contributed by atoms with van der Waals surface area (Å²) in [6, 6.07) is 8.49. The number of carbonyl (C=O) groups is 2. The number of alkyl halides is 3. The van der Waals surface area contributed by atoms with Crippen molar-refractivity contribution in [3.63, 3.8) is 0 Å². The zero-order chi connectivity index (χ0) is 34.8. The number of benzene rings is 1. The van der Waals surface area contributed by atoms with Crippen molar-refractivity contribution in [2.24, 2.45) is 11.3 Å². The molecule has 3 fully saturated rings. The predicted octanol–water partition coefficient (Wildman–Crippen LogP) is 5.09. The lowest BCUT2D eigenvalue weighted by Gasteiger charge is -2.39. The first-order valence-electron chi connectivity index (χ1n) is 15.9. The molecule has 0 bridgehead atoms. The summed E-state index contributed by atoms with van der Waals surface area (Å²) in [4.78, 5) is 46.9. The molecule has 3 atom stereocenters. The third kappa shape index (κ3) is 6.53. The molecule has 1 N–H and O–H groups in total. The smallest absolute Gasteiger partial charge is 0.410 e. The van der Waals surface area contributed by atoms with Gasteiger partial charge in [-0.05, 0) is 63.8 Å². The molecule has 3 aromatic rings. The normalized spacial score (nSPS) is 24.5. The van der Waals surface area contributed by atoms with Gasteiger partial charge in [0.05, 0.1) is 48.1 Å². The van der Waals surface area contributed by atoms with Crippen LogP contribution in [0.25, 0.3) is 16.7 Å². The van der Waals surface area contributed by atoms with E-state index in [0.717, 1.165) is 5.56 Å². The molecule has 2 saturated heterocycles. The molecule has 1 saturated carbocycles. The summed E-state index contributed by atoms with van der Waals surface area (Å²) >= 11 is 6.61. The molecule has 15 heteroatoms. The zero-order valence-electron chi connectivity index (χ0n) is 27.2. The molecular weight excluding hydrogens is 655 g/mol. The molecule has 260 valence electrons. The third-order valence-electron chi connectivity index (χ3n) is 9.60. The maximum atomic E-state index is 13.5. The van der Waals surface area contributed by atoms with Crippen LogP contribution in [0.1, 0.15) is 58.6 Å². The summed E-state index contributed by atoms with van der Waals surface area (Å²) in [5, 5.41) is 11.8. The first kappa shape index (κ1) is 34.3. The second-order valence-corrected chi connectivity index (χ2v) is 14.7. The van der Waals surface area contributed by atoms with Gasteiger partial charge >= 0.3 is 12.3 Å². The highest BCUT2D eigenvalue weighted by Gasteiger charge is 2.68. The largest absolute Gasteiger partial charge is 0.444 e. The number of aromatic nitrogens is 3. The Labute approximate surface area is 280 Å².